The minimum Gasteiger partial charge on any atom is -0.497 e. The summed E-state index contributed by atoms with van der Waals surface area (Å²) >= 11 is 0. The van der Waals surface area contributed by atoms with Crippen molar-refractivity contribution >= 4 is 23.5 Å². The summed E-state index contributed by atoms with van der Waals surface area (Å²) in [5.41, 5.74) is 0.211. The van der Waals surface area contributed by atoms with E-state index in [1.807, 2.05) is 0 Å². The molecule has 0 aromatic heterocycles. The molecule has 38 heavy (non-hydrogen) atoms. The fourth-order valence-corrected chi connectivity index (χ4v) is 4.75. The molecule has 2 amide bonds. The van der Waals surface area contributed by atoms with E-state index >= 15 is 8.78 Å². The molecular formula is C28H34F2N2O6. The van der Waals surface area contributed by atoms with Crippen molar-refractivity contribution in [1.29, 1.82) is 0 Å². The number of nitrogens with one attached hydrogen (secondary N) is 1. The number of rotatable bonds is 11. The maximum absolute atomic E-state index is 15.1. The highest BCUT2D eigenvalue weighted by atomic mass is 19.1. The first-order chi connectivity index (χ1) is 18.0. The van der Waals surface area contributed by atoms with Gasteiger partial charge in [-0.3, -0.25) is 14.4 Å². The SMILES string of the molecule is CCOCC(C)(C)c1c(F)cc(NC(=O)[C@H]2c3ccc(OC)cc3CCN2C(=O)CCCC(=O)O)cc1F. The van der Waals surface area contributed by atoms with E-state index in [1.165, 1.54) is 12.0 Å². The van der Waals surface area contributed by atoms with E-state index in [4.69, 9.17) is 14.6 Å². The third kappa shape index (κ3) is 6.66. The number of nitrogens with zero attached hydrogens (tertiary/aromatic N) is 1. The summed E-state index contributed by atoms with van der Waals surface area (Å²) in [6.45, 7) is 5.87. The van der Waals surface area contributed by atoms with Gasteiger partial charge in [-0.2, -0.15) is 0 Å². The van der Waals surface area contributed by atoms with Crippen LogP contribution in [0.4, 0.5) is 14.5 Å². The number of benzene rings is 2. The molecular weight excluding hydrogens is 498 g/mol. The van der Waals surface area contributed by atoms with Crippen molar-refractivity contribution in [2.75, 3.05) is 32.2 Å². The molecule has 8 nitrogen and oxygen atoms in total. The molecule has 1 aliphatic heterocycles. The van der Waals surface area contributed by atoms with Crippen LogP contribution >= 0.6 is 0 Å². The summed E-state index contributed by atoms with van der Waals surface area (Å²) in [7, 11) is 1.52. The normalized spacial score (nSPS) is 15.1. The van der Waals surface area contributed by atoms with Crippen molar-refractivity contribution in [2.45, 2.75) is 57.9 Å². The molecule has 3 rings (SSSR count). The largest absolute Gasteiger partial charge is 0.497 e. The third-order valence-corrected chi connectivity index (χ3v) is 6.58. The number of methoxy groups -OCH3 is 1. The van der Waals surface area contributed by atoms with Crippen LogP contribution in [0.15, 0.2) is 30.3 Å². The van der Waals surface area contributed by atoms with Gasteiger partial charge in [0.05, 0.1) is 13.7 Å². The van der Waals surface area contributed by atoms with Gasteiger partial charge in [-0.25, -0.2) is 8.78 Å². The second-order valence-corrected chi connectivity index (χ2v) is 9.88. The van der Waals surface area contributed by atoms with Crippen molar-refractivity contribution in [1.82, 2.24) is 4.90 Å². The van der Waals surface area contributed by atoms with Crippen LogP contribution in [-0.2, 0) is 31.0 Å². The Labute approximate surface area is 220 Å². The van der Waals surface area contributed by atoms with Gasteiger partial charge in [-0.15, -0.1) is 0 Å². The number of anilines is 1. The van der Waals surface area contributed by atoms with Gasteiger partial charge in [0.1, 0.15) is 23.4 Å². The number of ether oxygens (including phenoxy) is 2. The summed E-state index contributed by atoms with van der Waals surface area (Å²) in [6, 6.07) is 6.20. The topological polar surface area (TPSA) is 105 Å². The van der Waals surface area contributed by atoms with E-state index < -0.39 is 35.0 Å². The number of halogens is 2. The number of carboxylic acids is 1. The zero-order valence-corrected chi connectivity index (χ0v) is 22.1. The molecule has 0 saturated heterocycles. The van der Waals surface area contributed by atoms with Crippen LogP contribution in [0.3, 0.4) is 0 Å². The Balaban J connectivity index is 1.91. The molecule has 1 heterocycles. The molecule has 1 atom stereocenters. The number of hydrogen-bond donors (Lipinski definition) is 2. The molecule has 0 bridgehead atoms. The van der Waals surface area contributed by atoms with E-state index in [9.17, 15) is 14.4 Å². The first-order valence-corrected chi connectivity index (χ1v) is 12.5. The molecule has 2 aromatic rings. The predicted molar refractivity (Wildman–Crippen MR) is 137 cm³/mol. The summed E-state index contributed by atoms with van der Waals surface area (Å²) < 4.78 is 40.8. The highest BCUT2D eigenvalue weighted by molar-refractivity contribution is 5.98. The lowest BCUT2D eigenvalue weighted by atomic mass is 9.84. The van der Waals surface area contributed by atoms with Gasteiger partial charge >= 0.3 is 5.97 Å². The highest BCUT2D eigenvalue weighted by Crippen LogP contribution is 2.35. The lowest BCUT2D eigenvalue weighted by molar-refractivity contribution is -0.140. The van der Waals surface area contributed by atoms with E-state index in [-0.39, 0.29) is 49.6 Å². The number of amides is 2. The number of hydrogen-bond acceptors (Lipinski definition) is 5. The average Bonchev–Trinajstić information content (AvgIpc) is 2.85. The van der Waals surface area contributed by atoms with Crippen LogP contribution in [0.5, 0.6) is 5.75 Å². The lowest BCUT2D eigenvalue weighted by Crippen LogP contribution is -2.45. The van der Waals surface area contributed by atoms with E-state index in [0.717, 1.165) is 17.7 Å². The second kappa shape index (κ2) is 12.3. The van der Waals surface area contributed by atoms with Gasteiger partial charge in [0, 0.05) is 42.7 Å². The Morgan fingerprint density at radius 2 is 1.82 bits per heavy atom. The standard InChI is InChI=1S/C28H34F2N2O6/c1-5-38-16-28(2,3)25-21(29)14-18(15-22(25)30)31-27(36)26-20-10-9-19(37-4)13-17(20)11-12-32(26)23(33)7-6-8-24(34)35/h9-10,13-15,26H,5-8,11-12,16H2,1-4H3,(H,31,36)(H,34,35)/t26-/m1/s1. The quantitative estimate of drug-likeness (QED) is 0.438. The predicted octanol–water partition coefficient (Wildman–Crippen LogP) is 4.61. The monoisotopic (exact) mass is 532 g/mol. The van der Waals surface area contributed by atoms with Crippen molar-refractivity contribution in [3.05, 3.63) is 58.7 Å². The Morgan fingerprint density at radius 3 is 2.42 bits per heavy atom. The van der Waals surface area contributed by atoms with Crippen molar-refractivity contribution in [2.24, 2.45) is 0 Å². The highest BCUT2D eigenvalue weighted by Gasteiger charge is 2.36. The van der Waals surface area contributed by atoms with Crippen molar-refractivity contribution in [3.8, 4) is 5.75 Å². The zero-order valence-electron chi connectivity index (χ0n) is 22.1. The fourth-order valence-electron chi connectivity index (χ4n) is 4.75. The van der Waals surface area contributed by atoms with E-state index in [0.29, 0.717) is 24.3 Å². The minimum absolute atomic E-state index is 0.0472. The van der Waals surface area contributed by atoms with Gasteiger partial charge in [0.15, 0.2) is 0 Å². The lowest BCUT2D eigenvalue weighted by Gasteiger charge is -2.36. The Bertz CT molecular complexity index is 1180. The average molecular weight is 533 g/mol. The molecule has 206 valence electrons. The van der Waals surface area contributed by atoms with Crippen molar-refractivity contribution in [3.63, 3.8) is 0 Å². The Morgan fingerprint density at radius 1 is 1.13 bits per heavy atom. The van der Waals surface area contributed by atoms with Gasteiger partial charge in [0.2, 0.25) is 5.91 Å². The molecule has 0 radical (unpaired) electrons. The smallest absolute Gasteiger partial charge is 0.303 e. The number of aliphatic carboxylic acids is 1. The molecule has 0 spiro atoms. The molecule has 2 aromatic carbocycles. The minimum atomic E-state index is -1.07. The molecule has 0 saturated carbocycles. The van der Waals surface area contributed by atoms with Gasteiger partial charge in [0.25, 0.3) is 5.91 Å². The molecule has 0 unspecified atom stereocenters. The van der Waals surface area contributed by atoms with Gasteiger partial charge in [-0.1, -0.05) is 19.9 Å². The molecule has 1 aliphatic rings. The summed E-state index contributed by atoms with van der Waals surface area (Å²) in [5, 5.41) is 11.5. The Hall–Kier alpha value is -3.53. The molecule has 2 N–H and O–H groups in total. The summed E-state index contributed by atoms with van der Waals surface area (Å²) in [6.07, 6.45) is 0.376. The molecule has 0 fully saturated rings. The number of carbonyl (C=O) groups is 3. The van der Waals surface area contributed by atoms with E-state index in [1.54, 1.807) is 39.0 Å². The summed E-state index contributed by atoms with van der Waals surface area (Å²) in [4.78, 5) is 38.8. The van der Waals surface area contributed by atoms with Gasteiger partial charge in [-0.05, 0) is 55.2 Å². The third-order valence-electron chi connectivity index (χ3n) is 6.58. The van der Waals surface area contributed by atoms with Crippen LogP contribution in [0.2, 0.25) is 0 Å². The summed E-state index contributed by atoms with van der Waals surface area (Å²) in [5.74, 6) is -3.07. The first kappa shape index (κ1) is 29.0. The zero-order chi connectivity index (χ0) is 28.0. The van der Waals surface area contributed by atoms with Crippen LogP contribution < -0.4 is 10.1 Å². The maximum Gasteiger partial charge on any atom is 0.303 e. The maximum atomic E-state index is 15.1. The number of carboxylic acid groups (broad SMARTS) is 1. The number of carbonyl (C=O) groups excluding carboxylic acids is 2. The number of fused-ring (bicyclic) bond motifs is 1. The van der Waals surface area contributed by atoms with Crippen LogP contribution in [0.25, 0.3) is 0 Å². The van der Waals surface area contributed by atoms with E-state index in [2.05, 4.69) is 5.32 Å². The first-order valence-electron chi connectivity index (χ1n) is 12.5. The van der Waals surface area contributed by atoms with Crippen LogP contribution in [0, 0.1) is 11.6 Å². The van der Waals surface area contributed by atoms with Crippen LogP contribution in [0.1, 0.15) is 62.8 Å². The Kier molecular flexibility index (Phi) is 9.43. The van der Waals surface area contributed by atoms with Crippen molar-refractivity contribution < 1.29 is 37.7 Å². The molecule has 10 heteroatoms. The van der Waals surface area contributed by atoms with Crippen LogP contribution in [-0.4, -0.2) is 54.7 Å². The fraction of sp³-hybridized carbons (Fsp3) is 0.464. The second-order valence-electron chi connectivity index (χ2n) is 9.88. The molecule has 0 aliphatic carbocycles. The van der Waals surface area contributed by atoms with Gasteiger partial charge < -0.3 is 24.8 Å².